The van der Waals surface area contributed by atoms with Crippen molar-refractivity contribution in [1.82, 2.24) is 5.32 Å². The zero-order chi connectivity index (χ0) is 11.2. The van der Waals surface area contributed by atoms with Crippen LogP contribution in [0.1, 0.15) is 26.7 Å². The molecule has 0 heterocycles. The van der Waals surface area contributed by atoms with E-state index >= 15 is 0 Å². The molecule has 86 valence electrons. The highest BCUT2D eigenvalue weighted by molar-refractivity contribution is 4.71. The molecule has 0 fully saturated rings. The van der Waals surface area contributed by atoms with Crippen LogP contribution in [0.3, 0.4) is 0 Å². The highest BCUT2D eigenvalue weighted by atomic mass is 19.4. The van der Waals surface area contributed by atoms with E-state index in [0.717, 1.165) is 0 Å². The first kappa shape index (κ1) is 13.7. The first-order chi connectivity index (χ1) is 6.27. The Bertz CT molecular complexity index is 157. The van der Waals surface area contributed by atoms with Gasteiger partial charge in [0, 0.05) is 19.7 Å². The number of hydrogen-bond donors (Lipinski definition) is 2. The van der Waals surface area contributed by atoms with E-state index in [2.05, 4.69) is 5.32 Å². The molecule has 5 heteroatoms. The van der Waals surface area contributed by atoms with Crippen molar-refractivity contribution in [3.63, 3.8) is 0 Å². The van der Waals surface area contributed by atoms with Crippen molar-refractivity contribution >= 4 is 0 Å². The molecule has 0 aromatic heterocycles. The third-order valence-electron chi connectivity index (χ3n) is 1.98. The van der Waals surface area contributed by atoms with Crippen LogP contribution in [0.2, 0.25) is 0 Å². The summed E-state index contributed by atoms with van der Waals surface area (Å²) < 4.78 is 35.2. The number of hydrogen-bond acceptors (Lipinski definition) is 2. The van der Waals surface area contributed by atoms with Gasteiger partial charge in [-0.1, -0.05) is 13.8 Å². The van der Waals surface area contributed by atoms with E-state index in [0.29, 0.717) is 13.0 Å². The summed E-state index contributed by atoms with van der Waals surface area (Å²) in [6.07, 6.45) is -4.30. The Balaban J connectivity index is 3.54. The lowest BCUT2D eigenvalue weighted by Gasteiger charge is -2.24. The molecule has 2 N–H and O–H groups in total. The van der Waals surface area contributed by atoms with Gasteiger partial charge in [0.25, 0.3) is 0 Å². The normalized spacial score (nSPS) is 13.3. The van der Waals surface area contributed by atoms with Crippen molar-refractivity contribution < 1.29 is 18.3 Å². The summed E-state index contributed by atoms with van der Waals surface area (Å²) in [5.41, 5.74) is -0.152. The Kier molecular flexibility index (Phi) is 5.44. The predicted octanol–water partition coefficient (Wildman–Crippen LogP) is 1.94. The largest absolute Gasteiger partial charge is 0.396 e. The standard InChI is InChI=1S/C9H18F3NO/c1-8(2,4-6-14)7-13-5-3-9(10,11)12/h13-14H,3-7H2,1-2H3. The van der Waals surface area contributed by atoms with E-state index in [-0.39, 0.29) is 18.6 Å². The fraction of sp³-hybridized carbons (Fsp3) is 1.00. The van der Waals surface area contributed by atoms with Crippen molar-refractivity contribution in [3.05, 3.63) is 0 Å². The molecule has 0 aromatic rings. The monoisotopic (exact) mass is 213 g/mol. The zero-order valence-corrected chi connectivity index (χ0v) is 8.62. The summed E-state index contributed by atoms with van der Waals surface area (Å²) in [7, 11) is 0. The smallest absolute Gasteiger partial charge is 0.390 e. The SMILES string of the molecule is CC(C)(CCO)CNCCC(F)(F)F. The van der Waals surface area contributed by atoms with E-state index in [9.17, 15) is 13.2 Å². The van der Waals surface area contributed by atoms with Gasteiger partial charge in [-0.3, -0.25) is 0 Å². The van der Waals surface area contributed by atoms with E-state index in [1.165, 1.54) is 0 Å². The molecule has 0 radical (unpaired) electrons. The Morgan fingerprint density at radius 3 is 2.14 bits per heavy atom. The van der Waals surface area contributed by atoms with Crippen LogP contribution < -0.4 is 5.32 Å². The van der Waals surface area contributed by atoms with Gasteiger partial charge in [0.1, 0.15) is 0 Å². The molecule has 0 saturated heterocycles. The number of aliphatic hydroxyl groups is 1. The van der Waals surface area contributed by atoms with Gasteiger partial charge in [-0.05, 0) is 11.8 Å². The summed E-state index contributed by atoms with van der Waals surface area (Å²) in [6, 6.07) is 0. The van der Waals surface area contributed by atoms with Gasteiger partial charge in [-0.2, -0.15) is 13.2 Å². The molecule has 14 heavy (non-hydrogen) atoms. The molecule has 0 rings (SSSR count). The molecule has 0 amide bonds. The third kappa shape index (κ3) is 8.31. The molecule has 0 aliphatic heterocycles. The van der Waals surface area contributed by atoms with E-state index < -0.39 is 12.6 Å². The maximum absolute atomic E-state index is 11.7. The summed E-state index contributed by atoms with van der Waals surface area (Å²) in [6.45, 7) is 4.31. The lowest BCUT2D eigenvalue weighted by molar-refractivity contribution is -0.133. The van der Waals surface area contributed by atoms with Crippen LogP contribution in [0.5, 0.6) is 0 Å². The van der Waals surface area contributed by atoms with Crippen LogP contribution in [-0.2, 0) is 0 Å². The molecule has 2 nitrogen and oxygen atoms in total. The van der Waals surface area contributed by atoms with Crippen LogP contribution >= 0.6 is 0 Å². The van der Waals surface area contributed by atoms with Crippen molar-refractivity contribution in [1.29, 1.82) is 0 Å². The molecule has 0 spiro atoms. The van der Waals surface area contributed by atoms with Gasteiger partial charge in [-0.25, -0.2) is 0 Å². The first-order valence-electron chi connectivity index (χ1n) is 4.65. The van der Waals surface area contributed by atoms with E-state index in [1.807, 2.05) is 13.8 Å². The topological polar surface area (TPSA) is 32.3 Å². The maximum atomic E-state index is 11.7. The second-order valence-electron chi connectivity index (χ2n) is 4.18. The van der Waals surface area contributed by atoms with E-state index in [4.69, 9.17) is 5.11 Å². The fourth-order valence-electron chi connectivity index (χ4n) is 1.05. The number of nitrogens with one attached hydrogen (secondary N) is 1. The lowest BCUT2D eigenvalue weighted by Crippen LogP contribution is -2.32. The van der Waals surface area contributed by atoms with Crippen molar-refractivity contribution in [2.45, 2.75) is 32.9 Å². The molecule has 0 saturated carbocycles. The van der Waals surface area contributed by atoms with Gasteiger partial charge in [0.2, 0.25) is 0 Å². The van der Waals surface area contributed by atoms with Crippen LogP contribution in [-0.4, -0.2) is 31.0 Å². The van der Waals surface area contributed by atoms with Gasteiger partial charge in [0.15, 0.2) is 0 Å². The molecular weight excluding hydrogens is 195 g/mol. The second-order valence-corrected chi connectivity index (χ2v) is 4.18. The van der Waals surface area contributed by atoms with Gasteiger partial charge in [0.05, 0.1) is 6.42 Å². The van der Waals surface area contributed by atoms with Gasteiger partial charge in [-0.15, -0.1) is 0 Å². The lowest BCUT2D eigenvalue weighted by atomic mass is 9.90. The molecule has 0 unspecified atom stereocenters. The summed E-state index contributed by atoms with van der Waals surface area (Å²) in [4.78, 5) is 0. The van der Waals surface area contributed by atoms with Crippen LogP contribution in [0.25, 0.3) is 0 Å². The van der Waals surface area contributed by atoms with Crippen LogP contribution in [0.4, 0.5) is 13.2 Å². The average molecular weight is 213 g/mol. The third-order valence-corrected chi connectivity index (χ3v) is 1.98. The van der Waals surface area contributed by atoms with Crippen LogP contribution in [0.15, 0.2) is 0 Å². The van der Waals surface area contributed by atoms with E-state index in [1.54, 1.807) is 0 Å². The summed E-state index contributed by atoms with van der Waals surface area (Å²) in [5.74, 6) is 0. The molecule has 0 aliphatic rings. The minimum atomic E-state index is -4.09. The molecule has 0 atom stereocenters. The Labute approximate surface area is 82.5 Å². The molecule has 0 aliphatic carbocycles. The van der Waals surface area contributed by atoms with Crippen molar-refractivity contribution in [2.75, 3.05) is 19.7 Å². The second kappa shape index (κ2) is 5.56. The maximum Gasteiger partial charge on any atom is 0.390 e. The minimum Gasteiger partial charge on any atom is -0.396 e. The Morgan fingerprint density at radius 2 is 1.71 bits per heavy atom. The molecule has 0 bridgehead atoms. The zero-order valence-electron chi connectivity index (χ0n) is 8.62. The fourth-order valence-corrected chi connectivity index (χ4v) is 1.05. The summed E-state index contributed by atoms with van der Waals surface area (Å²) >= 11 is 0. The van der Waals surface area contributed by atoms with Crippen LogP contribution in [0, 0.1) is 5.41 Å². The Morgan fingerprint density at radius 1 is 1.14 bits per heavy atom. The quantitative estimate of drug-likeness (QED) is 0.661. The minimum absolute atomic E-state index is 0.0572. The molecular formula is C9H18F3NO. The van der Waals surface area contributed by atoms with Gasteiger partial charge < -0.3 is 10.4 Å². The predicted molar refractivity (Wildman–Crippen MR) is 49.0 cm³/mol. The number of rotatable bonds is 6. The average Bonchev–Trinajstić information content (AvgIpc) is 1.96. The van der Waals surface area contributed by atoms with Crippen molar-refractivity contribution in [3.8, 4) is 0 Å². The van der Waals surface area contributed by atoms with Crippen molar-refractivity contribution in [2.24, 2.45) is 5.41 Å². The highest BCUT2D eigenvalue weighted by Crippen LogP contribution is 2.20. The summed E-state index contributed by atoms with van der Waals surface area (Å²) in [5, 5.41) is 11.4. The highest BCUT2D eigenvalue weighted by Gasteiger charge is 2.26. The molecule has 0 aromatic carbocycles. The number of aliphatic hydroxyl groups excluding tert-OH is 1. The Hall–Kier alpha value is -0.290. The number of alkyl halides is 3. The first-order valence-corrected chi connectivity index (χ1v) is 4.65. The van der Waals surface area contributed by atoms with Gasteiger partial charge >= 0.3 is 6.18 Å². The number of halogens is 3.